The monoisotopic (exact) mass is 451 g/mol. The summed E-state index contributed by atoms with van der Waals surface area (Å²) in [5.74, 6) is -0.598. The van der Waals surface area contributed by atoms with Crippen LogP contribution in [0, 0.1) is 6.92 Å². The van der Waals surface area contributed by atoms with E-state index in [0.29, 0.717) is 16.7 Å². The number of hydrogen-bond donors (Lipinski definition) is 2. The number of alkyl halides is 3. The molecule has 3 N–H and O–H groups in total. The van der Waals surface area contributed by atoms with Crippen molar-refractivity contribution in [1.29, 1.82) is 0 Å². The predicted octanol–water partition coefficient (Wildman–Crippen LogP) is 3.62. The van der Waals surface area contributed by atoms with Crippen LogP contribution in [-0.4, -0.2) is 48.1 Å². The van der Waals surface area contributed by atoms with Crippen LogP contribution in [0.15, 0.2) is 46.9 Å². The number of aryl methyl sites for hydroxylation is 1. The molecule has 32 heavy (non-hydrogen) atoms. The van der Waals surface area contributed by atoms with Crippen molar-refractivity contribution < 1.29 is 41.5 Å². The van der Waals surface area contributed by atoms with Crippen LogP contribution in [0.3, 0.4) is 0 Å². The number of nitrogens with two attached hydrogens (primary N) is 1. The third-order valence-electron chi connectivity index (χ3n) is 5.27. The highest BCUT2D eigenvalue weighted by Crippen LogP contribution is 2.34. The van der Waals surface area contributed by atoms with Crippen LogP contribution in [-0.2, 0) is 11.0 Å². The summed E-state index contributed by atoms with van der Waals surface area (Å²) in [6.45, 7) is 0.965. The lowest BCUT2D eigenvalue weighted by Gasteiger charge is -2.32. The Hall–Kier alpha value is -3.37. The van der Waals surface area contributed by atoms with Crippen LogP contribution < -0.4 is 10.5 Å². The second-order valence-corrected chi connectivity index (χ2v) is 7.76. The number of halogens is 3. The smallest absolute Gasteiger partial charge is 0.416 e. The van der Waals surface area contributed by atoms with E-state index in [-0.39, 0.29) is 17.1 Å². The van der Waals surface area contributed by atoms with Crippen molar-refractivity contribution >= 4 is 22.8 Å². The van der Waals surface area contributed by atoms with Crippen LogP contribution in [0.2, 0.25) is 0 Å². The van der Waals surface area contributed by atoms with Crippen LogP contribution in [0.25, 0.3) is 11.0 Å². The van der Waals surface area contributed by atoms with Gasteiger partial charge in [-0.25, -0.2) is 9.28 Å². The zero-order valence-corrected chi connectivity index (χ0v) is 17.6. The molecule has 1 unspecified atom stereocenters. The number of rotatable bonds is 6. The van der Waals surface area contributed by atoms with E-state index in [4.69, 9.17) is 14.9 Å². The number of carbonyl (C=O) groups excluding carboxylic acids is 2. The first-order valence-corrected chi connectivity index (χ1v) is 9.53. The number of fused-ring (bicyclic) bond motifs is 1. The van der Waals surface area contributed by atoms with Gasteiger partial charge >= 0.3 is 12.1 Å². The molecule has 0 aliphatic heterocycles. The number of primary amides is 1. The molecule has 1 heterocycles. The van der Waals surface area contributed by atoms with Crippen molar-refractivity contribution in [3.05, 3.63) is 59.4 Å². The SMILES string of the molecule is Cc1oc2ccc(Oc3ccc(C(F)(F)F)cc3)cc2c1C(=O)[N+](C)(C)C(CO)C(N)=O. The maximum atomic E-state index is 13.3. The maximum absolute atomic E-state index is 13.3. The van der Waals surface area contributed by atoms with E-state index in [2.05, 4.69) is 0 Å². The summed E-state index contributed by atoms with van der Waals surface area (Å²) >= 11 is 0. The van der Waals surface area contributed by atoms with Crippen molar-refractivity contribution in [2.24, 2.45) is 5.73 Å². The number of aliphatic hydroxyl groups is 1. The highest BCUT2D eigenvalue weighted by atomic mass is 19.4. The second-order valence-electron chi connectivity index (χ2n) is 7.76. The molecule has 2 aromatic carbocycles. The molecule has 10 heteroatoms. The van der Waals surface area contributed by atoms with Crippen LogP contribution in [0.5, 0.6) is 11.5 Å². The largest absolute Gasteiger partial charge is 0.460 e. The normalized spacial score (nSPS) is 13.2. The Bertz CT molecular complexity index is 1170. The van der Waals surface area contributed by atoms with Crippen molar-refractivity contribution in [2.75, 3.05) is 20.7 Å². The van der Waals surface area contributed by atoms with E-state index >= 15 is 0 Å². The van der Waals surface area contributed by atoms with Gasteiger partial charge in [0.2, 0.25) is 0 Å². The molecule has 0 spiro atoms. The average Bonchev–Trinajstić information content (AvgIpc) is 3.02. The molecule has 3 rings (SSSR count). The van der Waals surface area contributed by atoms with Crippen LogP contribution >= 0.6 is 0 Å². The summed E-state index contributed by atoms with van der Waals surface area (Å²) in [6.07, 6.45) is -4.45. The molecule has 0 bridgehead atoms. The molecule has 0 saturated heterocycles. The molecule has 0 radical (unpaired) electrons. The minimum absolute atomic E-state index is 0.177. The van der Waals surface area contributed by atoms with Gasteiger partial charge in [-0.3, -0.25) is 4.79 Å². The van der Waals surface area contributed by atoms with Gasteiger partial charge in [-0.2, -0.15) is 13.2 Å². The first kappa shape index (κ1) is 23.3. The number of hydrogen-bond acceptors (Lipinski definition) is 5. The fourth-order valence-electron chi connectivity index (χ4n) is 3.42. The Morgan fingerprint density at radius 3 is 2.25 bits per heavy atom. The number of furan rings is 1. The lowest BCUT2D eigenvalue weighted by molar-refractivity contribution is -0.825. The number of ether oxygens (including phenoxy) is 1. The van der Waals surface area contributed by atoms with Crippen molar-refractivity contribution in [2.45, 2.75) is 19.1 Å². The van der Waals surface area contributed by atoms with Crippen molar-refractivity contribution in [1.82, 2.24) is 0 Å². The van der Waals surface area contributed by atoms with Gasteiger partial charge in [-0.1, -0.05) is 0 Å². The van der Waals surface area contributed by atoms with Crippen molar-refractivity contribution in [3.63, 3.8) is 0 Å². The topological polar surface area (TPSA) is 103 Å². The Kier molecular flexibility index (Phi) is 6.03. The third kappa shape index (κ3) is 4.32. The number of nitrogens with zero attached hydrogens (tertiary/aromatic N) is 1. The van der Waals surface area contributed by atoms with E-state index in [1.807, 2.05) is 0 Å². The van der Waals surface area contributed by atoms with Crippen LogP contribution in [0.1, 0.15) is 21.7 Å². The Morgan fingerprint density at radius 2 is 1.72 bits per heavy atom. The van der Waals surface area contributed by atoms with Gasteiger partial charge in [-0.15, -0.1) is 0 Å². The lowest BCUT2D eigenvalue weighted by atomic mass is 10.1. The molecule has 1 atom stereocenters. The molecule has 7 nitrogen and oxygen atoms in total. The fourth-order valence-corrected chi connectivity index (χ4v) is 3.42. The minimum atomic E-state index is -4.45. The average molecular weight is 451 g/mol. The standard InChI is InChI=1S/C22H21F3N2O5/c1-12-19(21(30)27(2,3)17(11-28)20(26)29)16-10-15(8-9-18(16)31-12)32-14-6-4-13(5-7-14)22(23,24)25/h4-10,17,28H,11H2,1-3H3,(H-,26,29)/p+1. The number of aliphatic hydroxyl groups excluding tert-OH is 1. The second kappa shape index (κ2) is 8.29. The molecule has 0 saturated carbocycles. The van der Waals surface area contributed by atoms with Gasteiger partial charge < -0.3 is 20.0 Å². The molecular weight excluding hydrogens is 429 g/mol. The molecule has 0 aliphatic carbocycles. The van der Waals surface area contributed by atoms with Gasteiger partial charge in [0.1, 0.15) is 35.0 Å². The maximum Gasteiger partial charge on any atom is 0.416 e. The quantitative estimate of drug-likeness (QED) is 0.558. The van der Waals surface area contributed by atoms with Gasteiger partial charge in [0, 0.05) is 5.39 Å². The molecule has 0 aliphatic rings. The third-order valence-corrected chi connectivity index (χ3v) is 5.27. The summed E-state index contributed by atoms with van der Waals surface area (Å²) in [5, 5.41) is 9.95. The Balaban J connectivity index is 1.98. The Morgan fingerprint density at radius 1 is 1.12 bits per heavy atom. The molecule has 3 aromatic rings. The first-order valence-electron chi connectivity index (χ1n) is 9.53. The zero-order chi connectivity index (χ0) is 23.8. The minimum Gasteiger partial charge on any atom is -0.460 e. The molecular formula is C22H22F3N2O5+. The predicted molar refractivity (Wildman–Crippen MR) is 109 cm³/mol. The summed E-state index contributed by atoms with van der Waals surface area (Å²) in [7, 11) is 2.91. The number of amides is 2. The Labute approximate surface area is 181 Å². The van der Waals surface area contributed by atoms with E-state index in [0.717, 1.165) is 12.1 Å². The van der Waals surface area contributed by atoms with E-state index < -0.39 is 40.7 Å². The van der Waals surface area contributed by atoms with E-state index in [1.54, 1.807) is 19.1 Å². The van der Waals surface area contributed by atoms with Gasteiger partial charge in [-0.05, 0) is 49.4 Å². The summed E-state index contributed by atoms with van der Waals surface area (Å²) in [4.78, 5) is 25.0. The summed E-state index contributed by atoms with van der Waals surface area (Å²) < 4.78 is 49.0. The van der Waals surface area contributed by atoms with Crippen molar-refractivity contribution in [3.8, 4) is 11.5 Å². The highest BCUT2D eigenvalue weighted by Gasteiger charge is 2.42. The zero-order valence-electron chi connectivity index (χ0n) is 17.6. The lowest BCUT2D eigenvalue weighted by Crippen LogP contribution is -2.60. The molecule has 2 amide bonds. The summed E-state index contributed by atoms with van der Waals surface area (Å²) in [6, 6.07) is 7.67. The number of carbonyl (C=O) groups is 2. The van der Waals surface area contributed by atoms with E-state index in [1.165, 1.54) is 32.3 Å². The molecule has 170 valence electrons. The van der Waals surface area contributed by atoms with Gasteiger partial charge in [0.25, 0.3) is 5.91 Å². The number of benzene rings is 2. The highest BCUT2D eigenvalue weighted by molar-refractivity contribution is 6.05. The first-order chi connectivity index (χ1) is 14.9. The van der Waals surface area contributed by atoms with E-state index in [9.17, 15) is 27.9 Å². The van der Waals surface area contributed by atoms with Gasteiger partial charge in [0.15, 0.2) is 6.04 Å². The number of likely N-dealkylation sites (N-methyl/N-ethyl adjacent to an activating group) is 1. The van der Waals surface area contributed by atoms with Gasteiger partial charge in [0.05, 0.1) is 19.7 Å². The fraction of sp³-hybridized carbons (Fsp3) is 0.273. The molecule has 1 aromatic heterocycles. The summed E-state index contributed by atoms with van der Waals surface area (Å²) in [5.41, 5.74) is 5.11. The molecule has 0 fully saturated rings. The van der Waals surface area contributed by atoms with Crippen LogP contribution in [0.4, 0.5) is 13.2 Å². The number of quaternary nitrogens is 1.